The van der Waals surface area contributed by atoms with Crippen LogP contribution in [0.5, 0.6) is 0 Å². The second-order valence-corrected chi connectivity index (χ2v) is 7.96. The number of piperidine rings is 1. The Hall–Kier alpha value is -2.74. The molecule has 138 valence electrons. The van der Waals surface area contributed by atoms with Crippen LogP contribution in [0.3, 0.4) is 0 Å². The van der Waals surface area contributed by atoms with Gasteiger partial charge in [0.2, 0.25) is 5.95 Å². The van der Waals surface area contributed by atoms with Crippen molar-refractivity contribution in [2.75, 3.05) is 18.0 Å². The van der Waals surface area contributed by atoms with E-state index in [1.165, 1.54) is 12.3 Å². The number of piperazine rings is 1. The van der Waals surface area contributed by atoms with Gasteiger partial charge in [-0.2, -0.15) is 9.49 Å². The van der Waals surface area contributed by atoms with Gasteiger partial charge in [-0.25, -0.2) is 4.98 Å². The topological polar surface area (TPSA) is 54.3 Å². The van der Waals surface area contributed by atoms with Crippen LogP contribution < -0.4 is 4.90 Å². The van der Waals surface area contributed by atoms with Crippen molar-refractivity contribution in [2.45, 2.75) is 18.5 Å². The molecule has 6 nitrogen and oxygen atoms in total. The molecule has 3 aromatic heterocycles. The summed E-state index contributed by atoms with van der Waals surface area (Å²) in [4.78, 5) is 21.9. The zero-order valence-corrected chi connectivity index (χ0v) is 15.6. The molecule has 0 radical (unpaired) electrons. The van der Waals surface area contributed by atoms with Crippen LogP contribution in [0, 0.1) is 5.95 Å². The van der Waals surface area contributed by atoms with Gasteiger partial charge in [0.25, 0.3) is 5.91 Å². The zero-order chi connectivity index (χ0) is 18.5. The molecule has 0 saturated carbocycles. The average Bonchev–Trinajstić information content (AvgIpc) is 3.31. The number of aryl methyl sites for hydroxylation is 1. The van der Waals surface area contributed by atoms with E-state index in [-0.39, 0.29) is 18.0 Å². The predicted molar refractivity (Wildman–Crippen MR) is 101 cm³/mol. The van der Waals surface area contributed by atoms with Gasteiger partial charge in [-0.3, -0.25) is 9.48 Å². The number of thiophene rings is 1. The highest BCUT2D eigenvalue weighted by Gasteiger charge is 2.48. The van der Waals surface area contributed by atoms with Crippen molar-refractivity contribution in [3.05, 3.63) is 53.6 Å². The number of pyridine rings is 1. The van der Waals surface area contributed by atoms with E-state index in [1.54, 1.807) is 16.0 Å². The van der Waals surface area contributed by atoms with Crippen LogP contribution in [-0.2, 0) is 7.05 Å². The number of carbonyl (C=O) groups is 1. The van der Waals surface area contributed by atoms with Crippen molar-refractivity contribution < 1.29 is 9.18 Å². The number of nitrogens with zero attached hydrogens (tertiary/aromatic N) is 5. The molecule has 27 heavy (non-hydrogen) atoms. The van der Waals surface area contributed by atoms with E-state index in [9.17, 15) is 9.18 Å². The van der Waals surface area contributed by atoms with Crippen LogP contribution >= 0.6 is 11.3 Å². The third kappa shape index (κ3) is 2.71. The molecule has 0 aliphatic carbocycles. The van der Waals surface area contributed by atoms with Crippen LogP contribution in [0.1, 0.15) is 16.9 Å². The number of rotatable bonds is 3. The summed E-state index contributed by atoms with van der Waals surface area (Å²) in [7, 11) is 1.81. The number of amides is 1. The first-order valence-electron chi connectivity index (χ1n) is 8.87. The number of carbonyl (C=O) groups excluding carboxylic acids is 1. The lowest BCUT2D eigenvalue weighted by atomic mass is 9.86. The summed E-state index contributed by atoms with van der Waals surface area (Å²) in [5.74, 6) is -0.453. The maximum atomic E-state index is 13.4. The Morgan fingerprint density at radius 1 is 1.26 bits per heavy atom. The number of anilines is 1. The van der Waals surface area contributed by atoms with Gasteiger partial charge in [-0.05, 0) is 30.0 Å². The molecular weight excluding hydrogens is 365 g/mol. The molecule has 2 unspecified atom stereocenters. The number of hydrogen-bond acceptors (Lipinski definition) is 5. The highest BCUT2D eigenvalue weighted by Crippen LogP contribution is 2.36. The number of aromatic nitrogens is 3. The van der Waals surface area contributed by atoms with E-state index < -0.39 is 5.95 Å². The summed E-state index contributed by atoms with van der Waals surface area (Å²) in [5.41, 5.74) is 2.26. The normalized spacial score (nSPS) is 21.3. The largest absolute Gasteiger partial charge is 0.367 e. The van der Waals surface area contributed by atoms with E-state index in [4.69, 9.17) is 0 Å². The molecule has 6 rings (SSSR count). The molecule has 3 aromatic rings. The van der Waals surface area contributed by atoms with Crippen LogP contribution in [0.25, 0.3) is 10.6 Å². The molecule has 0 spiro atoms. The van der Waals surface area contributed by atoms with Crippen molar-refractivity contribution in [2.24, 2.45) is 7.05 Å². The minimum atomic E-state index is -0.476. The van der Waals surface area contributed by atoms with Gasteiger partial charge >= 0.3 is 0 Å². The van der Waals surface area contributed by atoms with Crippen LogP contribution in [0.2, 0.25) is 0 Å². The molecule has 0 aromatic carbocycles. The third-order valence-electron chi connectivity index (χ3n) is 5.38. The molecule has 6 heterocycles. The zero-order valence-electron chi connectivity index (χ0n) is 14.7. The highest BCUT2D eigenvalue weighted by molar-refractivity contribution is 7.13. The average molecular weight is 383 g/mol. The first kappa shape index (κ1) is 16.4. The van der Waals surface area contributed by atoms with Gasteiger partial charge in [0.05, 0.1) is 17.0 Å². The number of halogens is 1. The molecule has 8 heteroatoms. The smallest absolute Gasteiger partial charge is 0.272 e. The van der Waals surface area contributed by atoms with Crippen molar-refractivity contribution in [3.63, 3.8) is 0 Å². The van der Waals surface area contributed by atoms with E-state index in [1.807, 2.05) is 41.6 Å². The molecule has 2 atom stereocenters. The van der Waals surface area contributed by atoms with Gasteiger partial charge in [0.15, 0.2) is 0 Å². The van der Waals surface area contributed by atoms with Gasteiger partial charge in [0, 0.05) is 38.1 Å². The van der Waals surface area contributed by atoms with Gasteiger partial charge in [-0.15, -0.1) is 11.3 Å². The van der Waals surface area contributed by atoms with E-state index in [0.717, 1.165) is 22.7 Å². The molecule has 3 fully saturated rings. The molecule has 3 aliphatic heterocycles. The molecule has 1 amide bonds. The lowest BCUT2D eigenvalue weighted by molar-refractivity contribution is 0.00497. The second kappa shape index (κ2) is 6.16. The maximum absolute atomic E-state index is 13.4. The Bertz CT molecular complexity index is 989. The molecular formula is C19H18FN5OS. The maximum Gasteiger partial charge on any atom is 0.272 e. The minimum absolute atomic E-state index is 0.0228. The summed E-state index contributed by atoms with van der Waals surface area (Å²) in [6, 6.07) is 9.41. The lowest BCUT2D eigenvalue weighted by Gasteiger charge is -2.56. The minimum Gasteiger partial charge on any atom is -0.367 e. The number of fused-ring (bicyclic) bond motifs is 2. The molecule has 3 saturated heterocycles. The number of hydrogen-bond donors (Lipinski definition) is 0. The predicted octanol–water partition coefficient (Wildman–Crippen LogP) is 2.79. The fraction of sp³-hybridized carbons (Fsp3) is 0.316. The Morgan fingerprint density at radius 2 is 2.07 bits per heavy atom. The Balaban J connectivity index is 1.35. The highest BCUT2D eigenvalue weighted by atomic mass is 32.1. The van der Waals surface area contributed by atoms with Crippen molar-refractivity contribution >= 4 is 22.9 Å². The van der Waals surface area contributed by atoms with Crippen molar-refractivity contribution in [3.8, 4) is 10.6 Å². The third-order valence-corrected chi connectivity index (χ3v) is 6.27. The second-order valence-electron chi connectivity index (χ2n) is 7.01. The lowest BCUT2D eigenvalue weighted by Crippen LogP contribution is -2.70. The fourth-order valence-electron chi connectivity index (χ4n) is 4.09. The molecule has 0 N–H and O–H groups in total. The van der Waals surface area contributed by atoms with E-state index in [2.05, 4.69) is 15.0 Å². The molecule has 2 bridgehead atoms. The van der Waals surface area contributed by atoms with Crippen LogP contribution in [-0.4, -0.2) is 50.7 Å². The Morgan fingerprint density at radius 3 is 2.78 bits per heavy atom. The first-order chi connectivity index (χ1) is 13.1. The standard InChI is InChI=1S/C19H18FN5OS/c1-23-16(9-15(22-23)17-3-2-6-27-17)19(26)25-13-7-14(25)11-24(10-13)12-4-5-21-18(20)8-12/h2-6,8-9,13-14H,7,10-11H2,1H3. The Kier molecular flexibility index (Phi) is 3.75. The first-order valence-corrected chi connectivity index (χ1v) is 9.75. The van der Waals surface area contributed by atoms with Crippen LogP contribution in [0.4, 0.5) is 10.1 Å². The van der Waals surface area contributed by atoms with Gasteiger partial charge in [-0.1, -0.05) is 6.07 Å². The monoisotopic (exact) mass is 383 g/mol. The Labute approximate surface area is 159 Å². The fourth-order valence-corrected chi connectivity index (χ4v) is 4.77. The molecule has 3 aliphatic rings. The van der Waals surface area contributed by atoms with Gasteiger partial charge in [0.1, 0.15) is 11.4 Å². The van der Waals surface area contributed by atoms with Gasteiger partial charge < -0.3 is 9.80 Å². The quantitative estimate of drug-likeness (QED) is 0.653. The summed E-state index contributed by atoms with van der Waals surface area (Å²) in [5, 5.41) is 6.50. The van der Waals surface area contributed by atoms with Crippen molar-refractivity contribution in [1.82, 2.24) is 19.7 Å². The summed E-state index contributed by atoms with van der Waals surface area (Å²) in [6.45, 7) is 1.42. The van der Waals surface area contributed by atoms with Crippen molar-refractivity contribution in [1.29, 1.82) is 0 Å². The van der Waals surface area contributed by atoms with E-state index in [0.29, 0.717) is 18.8 Å². The SMILES string of the molecule is Cn1nc(-c2cccs2)cc1C(=O)N1C2CC1CN(c1ccnc(F)c1)C2. The summed E-state index contributed by atoms with van der Waals surface area (Å²) < 4.78 is 15.1. The van der Waals surface area contributed by atoms with E-state index >= 15 is 0 Å². The summed E-state index contributed by atoms with van der Waals surface area (Å²) in [6.07, 6.45) is 2.47. The van der Waals surface area contributed by atoms with Crippen LogP contribution in [0.15, 0.2) is 41.9 Å². The summed E-state index contributed by atoms with van der Waals surface area (Å²) >= 11 is 1.61.